The molecule has 3 aromatic rings. The number of hydrogen-bond donors (Lipinski definition) is 1. The molecule has 0 bridgehead atoms. The van der Waals surface area contributed by atoms with Crippen molar-refractivity contribution in [1.29, 1.82) is 0 Å². The Morgan fingerprint density at radius 2 is 1.34 bits per heavy atom. The molecule has 3 aromatic carbocycles. The van der Waals surface area contributed by atoms with Crippen LogP contribution in [0.1, 0.15) is 36.1 Å². The van der Waals surface area contributed by atoms with Crippen molar-refractivity contribution >= 4 is 18.2 Å². The lowest BCUT2D eigenvalue weighted by atomic mass is 10.1. The Hall–Kier alpha value is -3.56. The van der Waals surface area contributed by atoms with Crippen molar-refractivity contribution in [3.63, 3.8) is 0 Å². The van der Waals surface area contributed by atoms with E-state index in [2.05, 4.69) is 55.5 Å². The summed E-state index contributed by atoms with van der Waals surface area (Å²) in [6.45, 7) is 6.54. The summed E-state index contributed by atoms with van der Waals surface area (Å²) in [5.74, 6) is 1.04. The van der Waals surface area contributed by atoms with Crippen LogP contribution in [0.25, 0.3) is 18.2 Å². The summed E-state index contributed by atoms with van der Waals surface area (Å²) in [5.41, 5.74) is 5.53. The molecule has 0 saturated carbocycles. The number of aromatic hydroxyl groups is 1. The fourth-order valence-corrected chi connectivity index (χ4v) is 3.10. The fourth-order valence-electron chi connectivity index (χ4n) is 3.10. The first-order chi connectivity index (χ1) is 15.5. The average Bonchev–Trinajstić information content (AvgIpc) is 2.79. The van der Waals surface area contributed by atoms with Crippen molar-refractivity contribution in [2.75, 3.05) is 6.61 Å². The molecule has 164 valence electrons. The Morgan fingerprint density at radius 1 is 0.812 bits per heavy atom. The van der Waals surface area contributed by atoms with Crippen molar-refractivity contribution in [1.82, 2.24) is 0 Å². The zero-order valence-electron chi connectivity index (χ0n) is 18.9. The van der Waals surface area contributed by atoms with Gasteiger partial charge in [0.1, 0.15) is 11.5 Å². The van der Waals surface area contributed by atoms with E-state index in [4.69, 9.17) is 9.47 Å². The molecule has 0 aromatic heterocycles. The second kappa shape index (κ2) is 11.7. The van der Waals surface area contributed by atoms with E-state index in [0.717, 1.165) is 28.0 Å². The summed E-state index contributed by atoms with van der Waals surface area (Å²) in [5, 5.41) is 9.50. The number of benzene rings is 3. The first-order valence-corrected chi connectivity index (χ1v) is 10.8. The second-order valence-corrected chi connectivity index (χ2v) is 7.52. The molecule has 1 N–H and O–H groups in total. The highest BCUT2D eigenvalue weighted by Crippen LogP contribution is 2.19. The van der Waals surface area contributed by atoms with Crippen molar-refractivity contribution in [3.8, 4) is 11.5 Å². The van der Waals surface area contributed by atoms with E-state index in [1.165, 1.54) is 5.56 Å². The van der Waals surface area contributed by atoms with Crippen LogP contribution in [0.4, 0.5) is 0 Å². The van der Waals surface area contributed by atoms with Gasteiger partial charge in [-0.05, 0) is 73.4 Å². The molecule has 3 nitrogen and oxygen atoms in total. The highest BCUT2D eigenvalue weighted by Gasteiger charge is 2.02. The predicted octanol–water partition coefficient (Wildman–Crippen LogP) is 7.27. The molecule has 0 saturated heterocycles. The Morgan fingerprint density at radius 3 is 1.91 bits per heavy atom. The van der Waals surface area contributed by atoms with E-state index in [9.17, 15) is 5.11 Å². The molecule has 0 aliphatic rings. The minimum absolute atomic E-state index is 0.262. The van der Waals surface area contributed by atoms with Gasteiger partial charge in [-0.15, -0.1) is 0 Å². The number of rotatable bonds is 9. The van der Waals surface area contributed by atoms with Gasteiger partial charge in [0.25, 0.3) is 0 Å². The number of aryl methyl sites for hydroxylation is 1. The Labute approximate surface area is 191 Å². The third kappa shape index (κ3) is 7.60. The molecule has 0 aliphatic heterocycles. The molecule has 0 fully saturated rings. The van der Waals surface area contributed by atoms with E-state index < -0.39 is 0 Å². The maximum atomic E-state index is 9.50. The largest absolute Gasteiger partial charge is 0.508 e. The van der Waals surface area contributed by atoms with Gasteiger partial charge in [0.15, 0.2) is 6.29 Å². The van der Waals surface area contributed by atoms with Gasteiger partial charge in [-0.1, -0.05) is 78.4 Å². The van der Waals surface area contributed by atoms with Crippen LogP contribution in [-0.2, 0) is 4.74 Å². The van der Waals surface area contributed by atoms with E-state index >= 15 is 0 Å². The van der Waals surface area contributed by atoms with Crippen LogP contribution in [0, 0.1) is 6.92 Å². The minimum atomic E-state index is -0.275. The van der Waals surface area contributed by atoms with Gasteiger partial charge < -0.3 is 14.6 Å². The first kappa shape index (κ1) is 23.1. The van der Waals surface area contributed by atoms with Crippen LogP contribution in [0.3, 0.4) is 0 Å². The van der Waals surface area contributed by atoms with Gasteiger partial charge >= 0.3 is 0 Å². The van der Waals surface area contributed by atoms with Gasteiger partial charge in [-0.25, -0.2) is 0 Å². The molecule has 1 atom stereocenters. The molecule has 0 aliphatic carbocycles. The monoisotopic (exact) mass is 426 g/mol. The highest BCUT2D eigenvalue weighted by atomic mass is 16.7. The first-order valence-electron chi connectivity index (χ1n) is 10.8. The molecule has 1 unspecified atom stereocenters. The lowest BCUT2D eigenvalue weighted by Gasteiger charge is -2.14. The fraction of sp³-hybridized carbons (Fsp3) is 0.172. The normalized spacial score (nSPS) is 13.0. The summed E-state index contributed by atoms with van der Waals surface area (Å²) in [4.78, 5) is 0. The van der Waals surface area contributed by atoms with Gasteiger partial charge in [0.05, 0.1) is 0 Å². The van der Waals surface area contributed by atoms with Crippen LogP contribution in [0.2, 0.25) is 0 Å². The second-order valence-electron chi connectivity index (χ2n) is 7.52. The molecule has 3 rings (SSSR count). The number of phenolic OH excluding ortho intramolecular Hbond substituents is 1. The van der Waals surface area contributed by atoms with E-state index in [1.807, 2.05) is 56.3 Å². The molecule has 0 radical (unpaired) electrons. The molecule has 0 spiro atoms. The zero-order valence-corrected chi connectivity index (χ0v) is 18.9. The number of allylic oxidation sites excluding steroid dienone is 3. The third-order valence-electron chi connectivity index (χ3n) is 4.82. The zero-order chi connectivity index (χ0) is 22.8. The standard InChI is InChI=1S/C29H30O3/c1-4-31-23(3)32-29-19-15-27(16-20-29)21-26(11-9-24-7-5-22(2)6-8-24)12-10-25-13-17-28(30)18-14-25/h5-21,23,30H,4H2,1-3H3. The number of phenols is 1. The van der Waals surface area contributed by atoms with Crippen molar-refractivity contribution in [2.24, 2.45) is 0 Å². The summed E-state index contributed by atoms with van der Waals surface area (Å²) in [7, 11) is 0. The third-order valence-corrected chi connectivity index (χ3v) is 4.82. The topological polar surface area (TPSA) is 38.7 Å². The van der Waals surface area contributed by atoms with Gasteiger partial charge in [0, 0.05) is 6.61 Å². The quantitative estimate of drug-likeness (QED) is 0.289. The van der Waals surface area contributed by atoms with Crippen LogP contribution in [0.15, 0.2) is 90.5 Å². The smallest absolute Gasteiger partial charge is 0.196 e. The number of ether oxygens (including phenoxy) is 2. The van der Waals surface area contributed by atoms with Crippen molar-refractivity contribution < 1.29 is 14.6 Å². The molecule has 32 heavy (non-hydrogen) atoms. The maximum Gasteiger partial charge on any atom is 0.196 e. The summed E-state index contributed by atoms with van der Waals surface area (Å²) < 4.78 is 11.2. The molecule has 0 heterocycles. The molecule has 0 amide bonds. The summed E-state index contributed by atoms with van der Waals surface area (Å²) in [6.07, 6.45) is 10.2. The van der Waals surface area contributed by atoms with Gasteiger partial charge in [-0.3, -0.25) is 0 Å². The lowest BCUT2D eigenvalue weighted by molar-refractivity contribution is -0.0613. The van der Waals surface area contributed by atoms with Crippen LogP contribution < -0.4 is 4.74 Å². The summed E-state index contributed by atoms with van der Waals surface area (Å²) in [6, 6.07) is 23.5. The maximum absolute atomic E-state index is 9.50. The predicted molar refractivity (Wildman–Crippen MR) is 133 cm³/mol. The minimum Gasteiger partial charge on any atom is -0.508 e. The van der Waals surface area contributed by atoms with E-state index in [0.29, 0.717) is 6.61 Å². The average molecular weight is 427 g/mol. The summed E-state index contributed by atoms with van der Waals surface area (Å²) >= 11 is 0. The van der Waals surface area contributed by atoms with E-state index in [1.54, 1.807) is 12.1 Å². The van der Waals surface area contributed by atoms with Gasteiger partial charge in [-0.2, -0.15) is 0 Å². The van der Waals surface area contributed by atoms with Gasteiger partial charge in [0.2, 0.25) is 0 Å². The SMILES string of the molecule is CCOC(C)Oc1ccc(C=C(C=Cc2ccc(C)cc2)C=Cc2ccc(O)cc2)cc1. The van der Waals surface area contributed by atoms with E-state index in [-0.39, 0.29) is 12.0 Å². The highest BCUT2D eigenvalue weighted by molar-refractivity contribution is 5.68. The Balaban J connectivity index is 1.82. The van der Waals surface area contributed by atoms with Crippen molar-refractivity contribution in [2.45, 2.75) is 27.1 Å². The molecule has 3 heteroatoms. The molecular weight excluding hydrogens is 396 g/mol. The van der Waals surface area contributed by atoms with Crippen LogP contribution in [0.5, 0.6) is 11.5 Å². The Kier molecular flexibility index (Phi) is 8.47. The van der Waals surface area contributed by atoms with Crippen LogP contribution in [-0.4, -0.2) is 18.0 Å². The number of hydrogen-bond acceptors (Lipinski definition) is 3. The van der Waals surface area contributed by atoms with Crippen molar-refractivity contribution in [3.05, 3.63) is 113 Å². The molecular formula is C29H30O3. The lowest BCUT2D eigenvalue weighted by Crippen LogP contribution is -2.15. The van der Waals surface area contributed by atoms with Crippen LogP contribution >= 0.6 is 0 Å². The Bertz CT molecular complexity index is 999.